The first-order valence-electron chi connectivity index (χ1n) is 9.49. The van der Waals surface area contributed by atoms with Crippen LogP contribution in [0.5, 0.6) is 0 Å². The summed E-state index contributed by atoms with van der Waals surface area (Å²) in [7, 11) is -3.95. The average molecular weight is 385 g/mol. The van der Waals surface area contributed by atoms with E-state index < -0.39 is 13.7 Å². The van der Waals surface area contributed by atoms with Gasteiger partial charge < -0.3 is 19.8 Å². The number of aliphatic hydroxyl groups excluding tert-OH is 1. The lowest BCUT2D eigenvalue weighted by Gasteiger charge is -2.32. The summed E-state index contributed by atoms with van der Waals surface area (Å²) in [6.45, 7) is 2.44. The molecule has 6 nitrogen and oxygen atoms in total. The van der Waals surface area contributed by atoms with E-state index in [1.165, 1.54) is 0 Å². The molecule has 1 rings (SSSR count). The van der Waals surface area contributed by atoms with Crippen LogP contribution in [0.2, 0.25) is 0 Å². The van der Waals surface area contributed by atoms with Crippen LogP contribution in [0.15, 0.2) is 12.2 Å². The second-order valence-corrected chi connectivity index (χ2v) is 8.55. The minimum Gasteiger partial charge on any atom is -0.389 e. The Morgan fingerprint density at radius 3 is 2.77 bits per heavy atom. The van der Waals surface area contributed by atoms with Crippen molar-refractivity contribution in [2.45, 2.75) is 76.9 Å². The molecule has 1 unspecified atom stereocenters. The van der Waals surface area contributed by atoms with E-state index in [-0.39, 0.29) is 18.1 Å². The molecule has 3 N–H and O–H groups in total. The number of aliphatic hydroxyl groups is 1. The number of amides is 1. The van der Waals surface area contributed by atoms with Crippen molar-refractivity contribution >= 4 is 13.5 Å². The number of unbranched alkanes of at least 4 members (excludes halogenated alkanes) is 3. The van der Waals surface area contributed by atoms with E-state index in [4.69, 9.17) is 9.79 Å². The molecule has 1 fully saturated rings. The first-order valence-corrected chi connectivity index (χ1v) is 11.3. The second kappa shape index (κ2) is 12.3. The molecule has 1 heterocycles. The van der Waals surface area contributed by atoms with Crippen LogP contribution in [0.1, 0.15) is 64.7 Å². The van der Waals surface area contributed by atoms with Crippen molar-refractivity contribution in [2.75, 3.05) is 12.7 Å². The monoisotopic (exact) mass is 385 g/mol. The molecule has 0 aliphatic carbocycles. The molecule has 26 heavy (non-hydrogen) atoms. The van der Waals surface area contributed by atoms with Crippen LogP contribution in [0.4, 0.5) is 0 Å². The summed E-state index contributed by atoms with van der Waals surface area (Å²) < 4.78 is 10.8. The van der Waals surface area contributed by atoms with Crippen LogP contribution < -0.4 is 0 Å². The molecule has 7 heteroatoms. The molecular formula is C19H32NO5P. The lowest BCUT2D eigenvalue weighted by molar-refractivity contribution is -0.134. The summed E-state index contributed by atoms with van der Waals surface area (Å²) in [6, 6.07) is -0.0403. The van der Waals surface area contributed by atoms with Crippen molar-refractivity contribution in [3.63, 3.8) is 0 Å². The number of carbonyl (C=O) groups excluding carboxylic acids is 1. The van der Waals surface area contributed by atoms with Gasteiger partial charge in [-0.1, -0.05) is 44.3 Å². The van der Waals surface area contributed by atoms with Gasteiger partial charge in [-0.25, -0.2) is 0 Å². The Balaban J connectivity index is 2.49. The molecule has 0 spiro atoms. The number of rotatable bonds is 10. The Morgan fingerprint density at radius 1 is 1.31 bits per heavy atom. The molecule has 1 amide bonds. The van der Waals surface area contributed by atoms with Gasteiger partial charge in [0.05, 0.1) is 24.9 Å². The fourth-order valence-corrected chi connectivity index (χ4v) is 3.48. The van der Waals surface area contributed by atoms with E-state index in [9.17, 15) is 14.5 Å². The van der Waals surface area contributed by atoms with E-state index in [1.807, 2.05) is 6.08 Å². The molecule has 0 bridgehead atoms. The summed E-state index contributed by atoms with van der Waals surface area (Å²) in [6.07, 6.45) is 10.0. The van der Waals surface area contributed by atoms with E-state index >= 15 is 0 Å². The van der Waals surface area contributed by atoms with Gasteiger partial charge in [-0.2, -0.15) is 0 Å². The number of likely N-dealkylation sites (tertiary alicyclic amines) is 1. The maximum absolute atomic E-state index is 12.2. The lowest BCUT2D eigenvalue weighted by Crippen LogP contribution is -2.42. The smallest absolute Gasteiger partial charge is 0.325 e. The zero-order chi connectivity index (χ0) is 19.4. The molecule has 0 aromatic rings. The average Bonchev–Trinajstić information content (AvgIpc) is 2.57. The largest absolute Gasteiger partial charge is 0.389 e. The summed E-state index contributed by atoms with van der Waals surface area (Å²) in [5.74, 6) is 5.89. The third kappa shape index (κ3) is 10.1. The van der Waals surface area contributed by atoms with Gasteiger partial charge in [-0.15, -0.1) is 5.92 Å². The van der Waals surface area contributed by atoms with Gasteiger partial charge in [0.1, 0.15) is 0 Å². The Kier molecular flexibility index (Phi) is 10.8. The molecule has 148 valence electrons. The fraction of sp³-hybridized carbons (Fsp3) is 0.737. The van der Waals surface area contributed by atoms with Crippen molar-refractivity contribution in [1.29, 1.82) is 0 Å². The third-order valence-corrected chi connectivity index (χ3v) is 5.29. The summed E-state index contributed by atoms with van der Waals surface area (Å²) in [5.41, 5.74) is 0. The van der Waals surface area contributed by atoms with Gasteiger partial charge in [0.2, 0.25) is 5.91 Å². The predicted molar refractivity (Wildman–Crippen MR) is 103 cm³/mol. The molecule has 0 aromatic carbocycles. The standard InChI is InChI=1S/C19H32NO5P/c1-2-3-6-11-18(21)14-13-17-10-9-12-19(22)20(17)15-7-4-5-8-16-26(23,24)25/h13-14,17-18,21H,2-3,5-6,8-12,15-16H2,1H3,(H2,23,24,25)/b14-13+/t17-,18?/m1/s1. The van der Waals surface area contributed by atoms with Crippen LogP contribution in [0.25, 0.3) is 0 Å². The minimum atomic E-state index is -3.95. The van der Waals surface area contributed by atoms with Crippen molar-refractivity contribution in [1.82, 2.24) is 4.90 Å². The molecule has 2 atom stereocenters. The van der Waals surface area contributed by atoms with Crippen LogP contribution in [0.3, 0.4) is 0 Å². The number of hydrogen-bond donors (Lipinski definition) is 3. The molecule has 1 saturated heterocycles. The molecular weight excluding hydrogens is 353 g/mol. The first-order chi connectivity index (χ1) is 12.3. The summed E-state index contributed by atoms with van der Waals surface area (Å²) in [4.78, 5) is 31.5. The van der Waals surface area contributed by atoms with Crippen LogP contribution in [-0.2, 0) is 9.36 Å². The quantitative estimate of drug-likeness (QED) is 0.232. The van der Waals surface area contributed by atoms with Gasteiger partial charge >= 0.3 is 7.60 Å². The number of hydrogen-bond acceptors (Lipinski definition) is 3. The normalized spacial score (nSPS) is 19.5. The molecule has 0 saturated carbocycles. The second-order valence-electron chi connectivity index (χ2n) is 6.77. The highest BCUT2D eigenvalue weighted by atomic mass is 31.2. The van der Waals surface area contributed by atoms with E-state index in [2.05, 4.69) is 18.8 Å². The van der Waals surface area contributed by atoms with Crippen molar-refractivity contribution in [2.24, 2.45) is 0 Å². The van der Waals surface area contributed by atoms with Crippen LogP contribution in [0, 0.1) is 11.8 Å². The number of nitrogens with zero attached hydrogens (tertiary/aromatic N) is 1. The molecule has 0 aromatic heterocycles. The Morgan fingerprint density at radius 2 is 2.08 bits per heavy atom. The van der Waals surface area contributed by atoms with E-state index in [0.29, 0.717) is 25.8 Å². The maximum atomic E-state index is 12.2. The van der Waals surface area contributed by atoms with Crippen molar-refractivity contribution < 1.29 is 24.3 Å². The van der Waals surface area contributed by atoms with Gasteiger partial charge in [-0.05, 0) is 25.7 Å². The Labute approximate surface area is 156 Å². The highest BCUT2D eigenvalue weighted by Crippen LogP contribution is 2.35. The van der Waals surface area contributed by atoms with Gasteiger partial charge in [0, 0.05) is 12.8 Å². The molecule has 0 radical (unpaired) electrons. The highest BCUT2D eigenvalue weighted by molar-refractivity contribution is 7.51. The van der Waals surface area contributed by atoms with Gasteiger partial charge in [0.25, 0.3) is 0 Å². The predicted octanol–water partition coefficient (Wildman–Crippen LogP) is 2.83. The zero-order valence-corrected chi connectivity index (χ0v) is 16.5. The van der Waals surface area contributed by atoms with E-state index in [0.717, 1.165) is 38.5 Å². The third-order valence-electron chi connectivity index (χ3n) is 4.40. The molecule has 1 aliphatic rings. The number of piperidine rings is 1. The summed E-state index contributed by atoms with van der Waals surface area (Å²) >= 11 is 0. The lowest BCUT2D eigenvalue weighted by atomic mass is 10.00. The maximum Gasteiger partial charge on any atom is 0.325 e. The Bertz CT molecular complexity index is 560. The van der Waals surface area contributed by atoms with Gasteiger partial charge in [-0.3, -0.25) is 9.36 Å². The SMILES string of the molecule is CCCCCC(O)/C=C/[C@H]1CCCC(=O)N1CC#CCCCP(=O)(O)O. The summed E-state index contributed by atoms with van der Waals surface area (Å²) in [5, 5.41) is 10.0. The van der Waals surface area contributed by atoms with Gasteiger partial charge in [0.15, 0.2) is 0 Å². The number of carbonyl (C=O) groups is 1. The fourth-order valence-electron chi connectivity index (χ4n) is 2.91. The first kappa shape index (κ1) is 22.9. The van der Waals surface area contributed by atoms with Crippen LogP contribution >= 0.6 is 7.60 Å². The van der Waals surface area contributed by atoms with Crippen LogP contribution in [-0.4, -0.2) is 50.6 Å². The van der Waals surface area contributed by atoms with E-state index in [1.54, 1.807) is 11.0 Å². The Hall–Kier alpha value is -1.12. The van der Waals surface area contributed by atoms with Crippen molar-refractivity contribution in [3.8, 4) is 11.8 Å². The topological polar surface area (TPSA) is 98.1 Å². The zero-order valence-electron chi connectivity index (χ0n) is 15.6. The minimum absolute atomic E-state index is 0.0403. The van der Waals surface area contributed by atoms with Crippen molar-refractivity contribution in [3.05, 3.63) is 12.2 Å². The highest BCUT2D eigenvalue weighted by Gasteiger charge is 2.25. The molecule has 1 aliphatic heterocycles.